The van der Waals surface area contributed by atoms with Gasteiger partial charge in [-0.05, 0) is 12.3 Å². The molecular formula is C6H11NO2. The summed E-state index contributed by atoms with van der Waals surface area (Å²) in [5, 5.41) is 8.86. The predicted octanol–water partition coefficient (Wildman–Crippen LogP) is -0.367. The first-order valence-corrected chi connectivity index (χ1v) is 3.17. The molecule has 0 saturated heterocycles. The normalized spacial score (nSPS) is 21.4. The molecule has 1 amide bonds. The van der Waals surface area contributed by atoms with Crippen molar-refractivity contribution in [3.8, 4) is 0 Å². The minimum Gasteiger partial charge on any atom is -0.383 e. The number of primary amides is 1. The van der Waals surface area contributed by atoms with Gasteiger partial charge in [-0.15, -0.1) is 0 Å². The number of hydrogen-bond donors (Lipinski definition) is 2. The van der Waals surface area contributed by atoms with Crippen molar-refractivity contribution in [2.75, 3.05) is 0 Å². The van der Waals surface area contributed by atoms with Crippen LogP contribution >= 0.6 is 0 Å². The summed E-state index contributed by atoms with van der Waals surface area (Å²) in [6.45, 7) is 0. The largest absolute Gasteiger partial charge is 0.383 e. The Morgan fingerprint density at radius 1 is 1.78 bits per heavy atom. The van der Waals surface area contributed by atoms with Crippen molar-refractivity contribution in [3.05, 3.63) is 0 Å². The lowest BCUT2D eigenvalue weighted by molar-refractivity contribution is -0.126. The molecule has 1 aliphatic carbocycles. The van der Waals surface area contributed by atoms with Crippen molar-refractivity contribution in [1.82, 2.24) is 0 Å². The summed E-state index contributed by atoms with van der Waals surface area (Å²) < 4.78 is 0. The molecule has 1 rings (SSSR count). The van der Waals surface area contributed by atoms with E-state index in [-0.39, 0.29) is 0 Å². The molecule has 0 aliphatic heterocycles. The lowest BCUT2D eigenvalue weighted by atomic mass is 10.2. The highest BCUT2D eigenvalue weighted by atomic mass is 16.3. The summed E-state index contributed by atoms with van der Waals surface area (Å²) in [5.41, 5.74) is 4.82. The Kier molecular flexibility index (Phi) is 1.71. The molecule has 0 bridgehead atoms. The second kappa shape index (κ2) is 2.35. The van der Waals surface area contributed by atoms with Crippen molar-refractivity contribution in [2.24, 2.45) is 11.7 Å². The minimum atomic E-state index is -0.905. The number of nitrogens with two attached hydrogens (primary N) is 1. The maximum atomic E-state index is 10.2. The monoisotopic (exact) mass is 129 g/mol. The van der Waals surface area contributed by atoms with E-state index in [4.69, 9.17) is 10.8 Å². The second-order valence-electron chi connectivity index (χ2n) is 2.60. The number of carbonyl (C=O) groups is 1. The Morgan fingerprint density at radius 3 is 2.67 bits per heavy atom. The van der Waals surface area contributed by atoms with Crippen LogP contribution in [0.15, 0.2) is 0 Å². The molecule has 0 aromatic carbocycles. The maximum absolute atomic E-state index is 10.2. The van der Waals surface area contributed by atoms with Crippen molar-refractivity contribution in [1.29, 1.82) is 0 Å². The third-order valence-electron chi connectivity index (χ3n) is 1.58. The van der Waals surface area contributed by atoms with Crippen LogP contribution in [-0.2, 0) is 4.79 Å². The summed E-state index contributed by atoms with van der Waals surface area (Å²) in [6, 6.07) is 0. The van der Waals surface area contributed by atoms with Crippen LogP contribution in [0, 0.1) is 5.92 Å². The molecule has 0 heterocycles. The smallest absolute Gasteiger partial charge is 0.246 e. The Morgan fingerprint density at radius 2 is 2.33 bits per heavy atom. The molecule has 3 nitrogen and oxygen atoms in total. The van der Waals surface area contributed by atoms with Crippen molar-refractivity contribution in [3.63, 3.8) is 0 Å². The number of aliphatic hydroxyl groups excluding tert-OH is 1. The first-order chi connectivity index (χ1) is 4.20. The van der Waals surface area contributed by atoms with Gasteiger partial charge in [-0.3, -0.25) is 4.79 Å². The topological polar surface area (TPSA) is 63.3 Å². The van der Waals surface area contributed by atoms with Gasteiger partial charge < -0.3 is 10.8 Å². The van der Waals surface area contributed by atoms with Crippen LogP contribution in [0.25, 0.3) is 0 Å². The molecule has 3 heteroatoms. The molecule has 52 valence electrons. The van der Waals surface area contributed by atoms with Gasteiger partial charge in [-0.1, -0.05) is 12.8 Å². The number of rotatable bonds is 3. The van der Waals surface area contributed by atoms with Crippen molar-refractivity contribution < 1.29 is 9.90 Å². The van der Waals surface area contributed by atoms with Crippen LogP contribution in [0.2, 0.25) is 0 Å². The number of carbonyl (C=O) groups excluding carboxylic acids is 1. The zero-order valence-corrected chi connectivity index (χ0v) is 5.21. The third kappa shape index (κ3) is 2.01. The Labute approximate surface area is 53.9 Å². The molecule has 0 aromatic rings. The van der Waals surface area contributed by atoms with Gasteiger partial charge in [0.1, 0.15) is 6.10 Å². The fourth-order valence-corrected chi connectivity index (χ4v) is 0.785. The fourth-order valence-electron chi connectivity index (χ4n) is 0.785. The summed E-state index contributed by atoms with van der Waals surface area (Å²) in [6.07, 6.45) is 1.95. The lowest BCUT2D eigenvalue weighted by Gasteiger charge is -2.02. The van der Waals surface area contributed by atoms with E-state index in [0.29, 0.717) is 12.3 Å². The quantitative estimate of drug-likeness (QED) is 0.546. The van der Waals surface area contributed by atoms with E-state index in [2.05, 4.69) is 0 Å². The van der Waals surface area contributed by atoms with Crippen molar-refractivity contribution >= 4 is 5.91 Å². The Hall–Kier alpha value is -0.570. The van der Waals surface area contributed by atoms with E-state index in [1.165, 1.54) is 0 Å². The molecule has 1 aliphatic rings. The number of amides is 1. The third-order valence-corrected chi connectivity index (χ3v) is 1.58. The average molecular weight is 129 g/mol. The Balaban J connectivity index is 2.16. The van der Waals surface area contributed by atoms with E-state index in [1.807, 2.05) is 0 Å². The van der Waals surface area contributed by atoms with Gasteiger partial charge in [0.25, 0.3) is 0 Å². The molecular weight excluding hydrogens is 118 g/mol. The van der Waals surface area contributed by atoms with Crippen LogP contribution in [0.5, 0.6) is 0 Å². The van der Waals surface area contributed by atoms with E-state index >= 15 is 0 Å². The van der Waals surface area contributed by atoms with E-state index in [1.54, 1.807) is 0 Å². The van der Waals surface area contributed by atoms with Gasteiger partial charge in [0.15, 0.2) is 0 Å². The number of hydrogen-bond acceptors (Lipinski definition) is 2. The fraction of sp³-hybridized carbons (Fsp3) is 0.833. The van der Waals surface area contributed by atoms with E-state index in [9.17, 15) is 4.79 Å². The first kappa shape index (κ1) is 6.55. The van der Waals surface area contributed by atoms with Gasteiger partial charge in [-0.25, -0.2) is 0 Å². The molecule has 9 heavy (non-hydrogen) atoms. The molecule has 1 fully saturated rings. The lowest BCUT2D eigenvalue weighted by Crippen LogP contribution is -2.28. The van der Waals surface area contributed by atoms with Crippen LogP contribution < -0.4 is 5.73 Å². The highest BCUT2D eigenvalue weighted by molar-refractivity contribution is 5.78. The Bertz CT molecular complexity index is 120. The second-order valence-corrected chi connectivity index (χ2v) is 2.60. The first-order valence-electron chi connectivity index (χ1n) is 3.17. The molecule has 0 unspecified atom stereocenters. The maximum Gasteiger partial charge on any atom is 0.246 e. The SMILES string of the molecule is NC(=O)[C@H](O)CC1CC1. The van der Waals surface area contributed by atoms with Gasteiger partial charge in [0.05, 0.1) is 0 Å². The zero-order valence-electron chi connectivity index (χ0n) is 5.21. The highest BCUT2D eigenvalue weighted by Crippen LogP contribution is 2.33. The molecule has 0 spiro atoms. The summed E-state index contributed by atoms with van der Waals surface area (Å²) in [5.74, 6) is -0.0330. The summed E-state index contributed by atoms with van der Waals surface area (Å²) in [4.78, 5) is 10.2. The summed E-state index contributed by atoms with van der Waals surface area (Å²) in [7, 11) is 0. The minimum absolute atomic E-state index is 0.562. The number of aliphatic hydroxyl groups is 1. The van der Waals surface area contributed by atoms with E-state index in [0.717, 1.165) is 12.8 Å². The zero-order chi connectivity index (χ0) is 6.85. The standard InChI is InChI=1S/C6H11NO2/c7-6(9)5(8)3-4-1-2-4/h4-5,8H,1-3H2,(H2,7,9)/t5-/m1/s1. The molecule has 1 atom stereocenters. The predicted molar refractivity (Wildman–Crippen MR) is 32.5 cm³/mol. The van der Waals surface area contributed by atoms with E-state index < -0.39 is 12.0 Å². The highest BCUT2D eigenvalue weighted by Gasteiger charge is 2.26. The molecule has 1 saturated carbocycles. The van der Waals surface area contributed by atoms with Gasteiger partial charge in [0.2, 0.25) is 5.91 Å². The van der Waals surface area contributed by atoms with Crippen LogP contribution in [0.1, 0.15) is 19.3 Å². The van der Waals surface area contributed by atoms with Crippen LogP contribution in [0.4, 0.5) is 0 Å². The summed E-state index contributed by atoms with van der Waals surface area (Å²) >= 11 is 0. The van der Waals surface area contributed by atoms with Gasteiger partial charge in [-0.2, -0.15) is 0 Å². The van der Waals surface area contributed by atoms with Crippen LogP contribution in [0.3, 0.4) is 0 Å². The average Bonchev–Trinajstić information content (AvgIpc) is 2.50. The van der Waals surface area contributed by atoms with Gasteiger partial charge in [0, 0.05) is 0 Å². The van der Waals surface area contributed by atoms with Crippen molar-refractivity contribution in [2.45, 2.75) is 25.4 Å². The van der Waals surface area contributed by atoms with Gasteiger partial charge >= 0.3 is 0 Å². The molecule has 3 N–H and O–H groups in total. The molecule has 0 radical (unpaired) electrons. The molecule has 0 aromatic heterocycles. The van der Waals surface area contributed by atoms with Crippen LogP contribution in [-0.4, -0.2) is 17.1 Å².